The third kappa shape index (κ3) is 5.47. The molecule has 0 radical (unpaired) electrons. The third-order valence-corrected chi connectivity index (χ3v) is 8.29. The molecule has 2 aliphatic heterocycles. The summed E-state index contributed by atoms with van der Waals surface area (Å²) in [4.78, 5) is 19.8. The molecular formula is C30H36F3N3O2. The number of carbonyl (C=O) groups excluding carboxylic acids is 1. The van der Waals surface area contributed by atoms with Crippen LogP contribution < -0.4 is 0 Å². The summed E-state index contributed by atoms with van der Waals surface area (Å²) in [6.45, 7) is 1.08. The quantitative estimate of drug-likeness (QED) is 0.538. The van der Waals surface area contributed by atoms with E-state index in [1.165, 1.54) is 0 Å². The second-order valence-electron chi connectivity index (χ2n) is 11.1. The van der Waals surface area contributed by atoms with Crippen molar-refractivity contribution in [3.63, 3.8) is 0 Å². The van der Waals surface area contributed by atoms with Gasteiger partial charge in [0.1, 0.15) is 23.3 Å². The molecule has 1 aliphatic carbocycles. The largest absolute Gasteiger partial charge is 0.393 e. The molecule has 1 saturated heterocycles. The van der Waals surface area contributed by atoms with Crippen molar-refractivity contribution < 1.29 is 23.1 Å². The van der Waals surface area contributed by atoms with E-state index >= 15 is 0 Å². The molecule has 2 amide bonds. The lowest BCUT2D eigenvalue weighted by Gasteiger charge is -2.42. The van der Waals surface area contributed by atoms with Gasteiger partial charge in [0.15, 0.2) is 0 Å². The van der Waals surface area contributed by atoms with E-state index in [1.807, 2.05) is 42.3 Å². The van der Waals surface area contributed by atoms with Gasteiger partial charge in [-0.1, -0.05) is 43.2 Å². The molecule has 0 bridgehead atoms. The molecule has 0 spiro atoms. The minimum atomic E-state index is -1.26. The summed E-state index contributed by atoms with van der Waals surface area (Å²) >= 11 is 0. The predicted molar refractivity (Wildman–Crippen MR) is 141 cm³/mol. The van der Waals surface area contributed by atoms with Gasteiger partial charge >= 0.3 is 6.03 Å². The first-order valence-electron chi connectivity index (χ1n) is 13.5. The fourth-order valence-corrected chi connectivity index (χ4v) is 5.94. The molecule has 2 heterocycles. The molecule has 2 fully saturated rings. The first kappa shape index (κ1) is 26.8. The van der Waals surface area contributed by atoms with Gasteiger partial charge in [0, 0.05) is 37.7 Å². The Balaban J connectivity index is 1.54. The summed E-state index contributed by atoms with van der Waals surface area (Å²) in [5.74, 6) is -0.598. The number of carbonyl (C=O) groups is 1. The zero-order valence-electron chi connectivity index (χ0n) is 21.8. The number of nitrogens with zero attached hydrogens (tertiary/aromatic N) is 3. The van der Waals surface area contributed by atoms with E-state index < -0.39 is 30.0 Å². The molecule has 3 atom stereocenters. The number of benzene rings is 2. The smallest absolute Gasteiger partial charge is 0.321 e. The number of amides is 2. The Morgan fingerprint density at radius 1 is 1.13 bits per heavy atom. The van der Waals surface area contributed by atoms with Crippen molar-refractivity contribution in [1.82, 2.24) is 14.7 Å². The lowest BCUT2D eigenvalue weighted by atomic mass is 9.89. The molecule has 1 N–H and O–H groups in total. The minimum Gasteiger partial charge on any atom is -0.393 e. The number of aliphatic hydroxyl groups is 1. The molecule has 3 aliphatic rings. The summed E-state index contributed by atoms with van der Waals surface area (Å²) in [5, 5.41) is 10.8. The Labute approximate surface area is 222 Å². The molecule has 2 aromatic rings. The predicted octanol–water partition coefficient (Wildman–Crippen LogP) is 5.21. The molecule has 5 nitrogen and oxygen atoms in total. The van der Waals surface area contributed by atoms with E-state index in [0.29, 0.717) is 43.1 Å². The number of likely N-dealkylation sites (tertiary alicyclic amines) is 1. The fourth-order valence-electron chi connectivity index (χ4n) is 5.94. The van der Waals surface area contributed by atoms with Gasteiger partial charge in [0.25, 0.3) is 0 Å². The average molecular weight is 528 g/mol. The van der Waals surface area contributed by atoms with Crippen molar-refractivity contribution in [2.45, 2.75) is 49.9 Å². The van der Waals surface area contributed by atoms with Crippen LogP contribution in [0.2, 0.25) is 0 Å². The standard InChI is InChI=1S/C30H36F3N3O2/c1-34-13-12-26(15-25(32)19-34)35(14-11-21-7-8-21)29(38)36-18-22(27-16-24(31)9-10-28(27)33)17-30(36,20-37)23-5-3-2-4-6-23/h2-6,9-10,16-17,21,25-26,37H,7-8,11-15,18-20H2,1H3/t25?,26?,30-/m1/s1. The summed E-state index contributed by atoms with van der Waals surface area (Å²) in [7, 11) is 1.89. The van der Waals surface area contributed by atoms with Crippen LogP contribution in [0.15, 0.2) is 54.6 Å². The molecule has 2 aromatic carbocycles. The van der Waals surface area contributed by atoms with E-state index in [1.54, 1.807) is 15.9 Å². The van der Waals surface area contributed by atoms with Crippen molar-refractivity contribution in [1.29, 1.82) is 0 Å². The maximum Gasteiger partial charge on any atom is 0.321 e. The molecule has 1 saturated carbocycles. The molecular weight excluding hydrogens is 491 g/mol. The van der Waals surface area contributed by atoms with Crippen LogP contribution in [-0.2, 0) is 5.54 Å². The van der Waals surface area contributed by atoms with Gasteiger partial charge in [-0.2, -0.15) is 0 Å². The maximum atomic E-state index is 14.9. The maximum absolute atomic E-state index is 14.9. The lowest BCUT2D eigenvalue weighted by Crippen LogP contribution is -2.56. The number of hydrogen-bond acceptors (Lipinski definition) is 3. The fraction of sp³-hybridized carbons (Fsp3) is 0.500. The molecule has 38 heavy (non-hydrogen) atoms. The van der Waals surface area contributed by atoms with Gasteiger partial charge in [0.05, 0.1) is 6.61 Å². The first-order chi connectivity index (χ1) is 18.3. The Morgan fingerprint density at radius 2 is 1.89 bits per heavy atom. The van der Waals surface area contributed by atoms with Crippen LogP contribution in [0, 0.1) is 17.6 Å². The Morgan fingerprint density at radius 3 is 2.61 bits per heavy atom. The normalized spacial score (nSPS) is 26.2. The van der Waals surface area contributed by atoms with Gasteiger partial charge < -0.3 is 19.8 Å². The van der Waals surface area contributed by atoms with Crippen molar-refractivity contribution in [3.8, 4) is 0 Å². The summed E-state index contributed by atoms with van der Waals surface area (Å²) in [6, 6.07) is 11.8. The monoisotopic (exact) mass is 527 g/mol. The van der Waals surface area contributed by atoms with E-state index in [2.05, 4.69) is 0 Å². The van der Waals surface area contributed by atoms with Crippen LogP contribution in [0.4, 0.5) is 18.0 Å². The zero-order chi connectivity index (χ0) is 26.9. The highest BCUT2D eigenvalue weighted by Gasteiger charge is 2.47. The van der Waals surface area contributed by atoms with Crippen LogP contribution in [0.1, 0.15) is 43.2 Å². The van der Waals surface area contributed by atoms with Crippen LogP contribution >= 0.6 is 0 Å². The number of alkyl halides is 1. The van der Waals surface area contributed by atoms with Crippen LogP contribution in [0.25, 0.3) is 5.57 Å². The third-order valence-electron chi connectivity index (χ3n) is 8.29. The second-order valence-corrected chi connectivity index (χ2v) is 11.1. The average Bonchev–Trinajstić information content (AvgIpc) is 3.68. The Hall–Kier alpha value is -2.84. The summed E-state index contributed by atoms with van der Waals surface area (Å²) < 4.78 is 43.9. The van der Waals surface area contributed by atoms with Crippen LogP contribution in [-0.4, -0.2) is 77.9 Å². The SMILES string of the molecule is CN1CCC(N(CCC2CC2)C(=O)N2CC(c3cc(F)ccc3F)=C[C@@]2(CO)c2ccccc2)CC(F)C1. The van der Waals surface area contributed by atoms with Crippen LogP contribution in [0.3, 0.4) is 0 Å². The molecule has 204 valence electrons. The summed E-state index contributed by atoms with van der Waals surface area (Å²) in [5.41, 5.74) is -0.0902. The first-order valence-corrected chi connectivity index (χ1v) is 13.5. The van der Waals surface area contributed by atoms with E-state index in [4.69, 9.17) is 0 Å². The minimum absolute atomic E-state index is 0.000264. The van der Waals surface area contributed by atoms with Crippen molar-refractivity contribution in [2.24, 2.45) is 5.92 Å². The topological polar surface area (TPSA) is 47.0 Å². The van der Waals surface area contributed by atoms with Gasteiger partial charge in [-0.15, -0.1) is 0 Å². The number of hydrogen-bond donors (Lipinski definition) is 1. The summed E-state index contributed by atoms with van der Waals surface area (Å²) in [6.07, 6.45) is 4.67. The van der Waals surface area contributed by atoms with Gasteiger partial charge in [0.2, 0.25) is 0 Å². The van der Waals surface area contributed by atoms with Gasteiger partial charge in [-0.25, -0.2) is 18.0 Å². The van der Waals surface area contributed by atoms with Gasteiger partial charge in [-0.05, 0) is 67.8 Å². The van der Waals surface area contributed by atoms with Crippen LogP contribution in [0.5, 0.6) is 0 Å². The van der Waals surface area contributed by atoms with E-state index in [9.17, 15) is 23.1 Å². The van der Waals surface area contributed by atoms with Crippen molar-refractivity contribution in [3.05, 3.63) is 77.4 Å². The molecule has 0 aromatic heterocycles. The highest BCUT2D eigenvalue weighted by atomic mass is 19.1. The van der Waals surface area contributed by atoms with E-state index in [-0.39, 0.29) is 30.6 Å². The highest BCUT2D eigenvalue weighted by molar-refractivity contribution is 5.84. The van der Waals surface area contributed by atoms with Crippen molar-refractivity contribution in [2.75, 3.05) is 39.8 Å². The Bertz CT molecular complexity index is 1170. The number of aliphatic hydroxyl groups excluding tert-OH is 1. The second kappa shape index (κ2) is 11.1. The zero-order valence-corrected chi connectivity index (χ0v) is 21.8. The van der Waals surface area contributed by atoms with E-state index in [0.717, 1.165) is 37.5 Å². The highest BCUT2D eigenvalue weighted by Crippen LogP contribution is 2.42. The lowest BCUT2D eigenvalue weighted by molar-refractivity contribution is 0.0677. The molecule has 8 heteroatoms. The number of halogens is 3. The number of rotatable bonds is 7. The molecule has 2 unspecified atom stereocenters. The van der Waals surface area contributed by atoms with Gasteiger partial charge in [-0.3, -0.25) is 0 Å². The molecule has 5 rings (SSSR count). The Kier molecular flexibility index (Phi) is 7.82. The van der Waals surface area contributed by atoms with Crippen molar-refractivity contribution >= 4 is 11.6 Å². The number of urea groups is 1.